The van der Waals surface area contributed by atoms with Gasteiger partial charge in [-0.05, 0) is 12.0 Å². The monoisotopic (exact) mass is 265 g/mol. The van der Waals surface area contributed by atoms with Crippen LogP contribution >= 0.6 is 0 Å². The van der Waals surface area contributed by atoms with Crippen LogP contribution in [0.2, 0.25) is 0 Å². The Kier molecular flexibility index (Phi) is 5.69. The van der Waals surface area contributed by atoms with Crippen molar-refractivity contribution in [2.24, 2.45) is 5.73 Å². The molecule has 0 aliphatic carbocycles. The van der Waals surface area contributed by atoms with Crippen LogP contribution < -0.4 is 5.73 Å². The molecule has 6 nitrogen and oxygen atoms in total. The van der Waals surface area contributed by atoms with Crippen LogP contribution in [0.5, 0.6) is 0 Å². The van der Waals surface area contributed by atoms with E-state index in [-0.39, 0.29) is 12.8 Å². The molecular weight excluding hydrogens is 250 g/mol. The lowest BCUT2D eigenvalue weighted by molar-refractivity contribution is -0.152. The Morgan fingerprint density at radius 1 is 1.21 bits per heavy atom. The molecule has 1 aromatic rings. The third-order valence-corrected chi connectivity index (χ3v) is 2.38. The number of benzene rings is 1. The highest BCUT2D eigenvalue weighted by molar-refractivity contribution is 5.92. The second kappa shape index (κ2) is 7.27. The summed E-state index contributed by atoms with van der Waals surface area (Å²) in [5.74, 6) is -1.76. The lowest BCUT2D eigenvalue weighted by Crippen LogP contribution is -2.32. The fraction of sp³-hybridized carbons (Fsp3) is 0.308. The van der Waals surface area contributed by atoms with Crippen LogP contribution in [-0.4, -0.2) is 29.1 Å². The molecule has 0 amide bonds. The molecule has 0 radical (unpaired) electrons. The molecule has 1 atom stereocenters. The van der Waals surface area contributed by atoms with Gasteiger partial charge < -0.3 is 15.6 Å². The topological polar surface area (TPSA) is 107 Å². The molecule has 0 spiro atoms. The zero-order valence-corrected chi connectivity index (χ0v) is 10.2. The van der Waals surface area contributed by atoms with Crippen molar-refractivity contribution >= 4 is 17.9 Å². The number of hydrogen-bond acceptors (Lipinski definition) is 5. The number of cyclic esters (lactones) is 2. The van der Waals surface area contributed by atoms with Gasteiger partial charge in [0.15, 0.2) is 0 Å². The van der Waals surface area contributed by atoms with Crippen molar-refractivity contribution in [3.05, 3.63) is 35.9 Å². The fourth-order valence-electron chi connectivity index (χ4n) is 1.39. The van der Waals surface area contributed by atoms with E-state index in [0.29, 0.717) is 6.42 Å². The summed E-state index contributed by atoms with van der Waals surface area (Å²) in [4.78, 5) is 30.4. The Morgan fingerprint density at radius 2 is 1.74 bits per heavy atom. The van der Waals surface area contributed by atoms with Crippen LogP contribution in [0.15, 0.2) is 30.3 Å². The summed E-state index contributed by atoms with van der Waals surface area (Å²) in [6.45, 7) is 0. The van der Waals surface area contributed by atoms with E-state index in [1.54, 1.807) is 0 Å². The van der Waals surface area contributed by atoms with Crippen molar-refractivity contribution in [1.82, 2.24) is 0 Å². The van der Waals surface area contributed by atoms with Crippen LogP contribution in [-0.2, 0) is 25.5 Å². The Bertz CT molecular complexity index is 443. The van der Waals surface area contributed by atoms with Crippen LogP contribution in [0, 0.1) is 0 Å². The normalized spacial score (nSPS) is 15.2. The lowest BCUT2D eigenvalue weighted by Gasteiger charge is -2.04. The van der Waals surface area contributed by atoms with Crippen molar-refractivity contribution < 1.29 is 24.2 Å². The van der Waals surface area contributed by atoms with E-state index in [0.717, 1.165) is 5.56 Å². The van der Waals surface area contributed by atoms with Gasteiger partial charge in [-0.2, -0.15) is 0 Å². The van der Waals surface area contributed by atoms with Gasteiger partial charge in [0.1, 0.15) is 6.04 Å². The quantitative estimate of drug-likeness (QED) is 0.608. The number of rotatable bonds is 3. The Morgan fingerprint density at radius 3 is 2.11 bits per heavy atom. The predicted octanol–water partition coefficient (Wildman–Crippen LogP) is 0.491. The smallest absolute Gasteiger partial charge is 0.320 e. The molecule has 3 N–H and O–H groups in total. The van der Waals surface area contributed by atoms with Crippen molar-refractivity contribution in [3.8, 4) is 0 Å². The Labute approximate surface area is 110 Å². The summed E-state index contributed by atoms with van der Waals surface area (Å²) in [7, 11) is 0. The van der Waals surface area contributed by atoms with Crippen LogP contribution in [0.1, 0.15) is 18.4 Å². The number of carboxylic acids is 1. The van der Waals surface area contributed by atoms with Crippen LogP contribution in [0.3, 0.4) is 0 Å². The molecule has 1 aromatic carbocycles. The molecule has 1 unspecified atom stereocenters. The van der Waals surface area contributed by atoms with E-state index in [9.17, 15) is 14.4 Å². The third kappa shape index (κ3) is 5.78. The summed E-state index contributed by atoms with van der Waals surface area (Å²) in [5, 5.41) is 8.52. The standard InChI is InChI=1S/C9H11NO2.C4H4O3/c10-8(9(11)12)6-7-4-2-1-3-5-7;5-3-1-2-4(6)7-3/h1-5,8H,6,10H2,(H,11,12);1-2H2. The van der Waals surface area contributed by atoms with Crippen molar-refractivity contribution in [2.45, 2.75) is 25.3 Å². The molecule has 2 rings (SSSR count). The van der Waals surface area contributed by atoms with Gasteiger partial charge in [-0.15, -0.1) is 0 Å². The van der Waals surface area contributed by atoms with Crippen LogP contribution in [0.4, 0.5) is 0 Å². The number of hydrogen-bond donors (Lipinski definition) is 2. The van der Waals surface area contributed by atoms with Gasteiger partial charge in [0.05, 0.1) is 12.8 Å². The van der Waals surface area contributed by atoms with Gasteiger partial charge >= 0.3 is 17.9 Å². The van der Waals surface area contributed by atoms with Crippen molar-refractivity contribution in [2.75, 3.05) is 0 Å². The zero-order chi connectivity index (χ0) is 14.3. The summed E-state index contributed by atoms with van der Waals surface area (Å²) >= 11 is 0. The SMILES string of the molecule is NC(Cc1ccccc1)C(=O)O.O=C1CCC(=O)O1. The highest BCUT2D eigenvalue weighted by Crippen LogP contribution is 2.04. The second-order valence-electron chi connectivity index (χ2n) is 3.98. The van der Waals surface area contributed by atoms with Gasteiger partial charge in [0.25, 0.3) is 0 Å². The third-order valence-electron chi connectivity index (χ3n) is 2.38. The first-order valence-corrected chi connectivity index (χ1v) is 5.75. The lowest BCUT2D eigenvalue weighted by atomic mass is 10.1. The highest BCUT2D eigenvalue weighted by Gasteiger charge is 2.19. The van der Waals surface area contributed by atoms with E-state index < -0.39 is 23.9 Å². The second-order valence-corrected chi connectivity index (χ2v) is 3.98. The number of aliphatic carboxylic acids is 1. The van der Waals surface area contributed by atoms with Gasteiger partial charge in [-0.3, -0.25) is 14.4 Å². The van der Waals surface area contributed by atoms with Gasteiger partial charge in [-0.25, -0.2) is 0 Å². The van der Waals surface area contributed by atoms with Gasteiger partial charge in [-0.1, -0.05) is 30.3 Å². The average molecular weight is 265 g/mol. The largest absolute Gasteiger partial charge is 0.480 e. The number of nitrogens with two attached hydrogens (primary N) is 1. The maximum Gasteiger partial charge on any atom is 0.320 e. The summed E-state index contributed by atoms with van der Waals surface area (Å²) in [6, 6.07) is 8.54. The van der Waals surface area contributed by atoms with Gasteiger partial charge in [0, 0.05) is 0 Å². The summed E-state index contributed by atoms with van der Waals surface area (Å²) in [5.41, 5.74) is 6.30. The molecule has 1 aliphatic rings. The number of carbonyl (C=O) groups excluding carboxylic acids is 2. The molecule has 1 saturated heterocycles. The van der Waals surface area contributed by atoms with E-state index in [1.807, 2.05) is 30.3 Å². The predicted molar refractivity (Wildman–Crippen MR) is 66.1 cm³/mol. The van der Waals surface area contributed by atoms with E-state index >= 15 is 0 Å². The molecule has 19 heavy (non-hydrogen) atoms. The highest BCUT2D eigenvalue weighted by atomic mass is 16.6. The van der Waals surface area contributed by atoms with Crippen molar-refractivity contribution in [1.29, 1.82) is 0 Å². The summed E-state index contributed by atoms with van der Waals surface area (Å²) in [6.07, 6.45) is 0.911. The number of carboxylic acid groups (broad SMARTS) is 1. The Balaban J connectivity index is 0.000000218. The number of carbonyl (C=O) groups is 3. The molecule has 0 saturated carbocycles. The van der Waals surface area contributed by atoms with E-state index in [1.165, 1.54) is 0 Å². The molecule has 1 fully saturated rings. The fourth-order valence-corrected chi connectivity index (χ4v) is 1.39. The molecule has 1 heterocycles. The Hall–Kier alpha value is -2.21. The molecule has 1 aliphatic heterocycles. The maximum absolute atomic E-state index is 10.4. The minimum Gasteiger partial charge on any atom is -0.480 e. The zero-order valence-electron chi connectivity index (χ0n) is 10.2. The van der Waals surface area contributed by atoms with Crippen LogP contribution in [0.25, 0.3) is 0 Å². The minimum absolute atomic E-state index is 0.263. The molecule has 0 bridgehead atoms. The molecule has 6 heteroatoms. The summed E-state index contributed by atoms with van der Waals surface area (Å²) < 4.78 is 4.08. The number of esters is 2. The number of ether oxygens (including phenoxy) is 1. The first kappa shape index (κ1) is 14.8. The van der Waals surface area contributed by atoms with Gasteiger partial charge in [0.2, 0.25) is 0 Å². The van der Waals surface area contributed by atoms with E-state index in [2.05, 4.69) is 4.74 Å². The minimum atomic E-state index is -0.959. The maximum atomic E-state index is 10.4. The molecule has 102 valence electrons. The van der Waals surface area contributed by atoms with Crippen molar-refractivity contribution in [3.63, 3.8) is 0 Å². The average Bonchev–Trinajstić information content (AvgIpc) is 2.75. The van der Waals surface area contributed by atoms with E-state index in [4.69, 9.17) is 10.8 Å². The molecular formula is C13H15NO5. The first-order chi connectivity index (χ1) is 8.99. The molecule has 0 aromatic heterocycles. The first-order valence-electron chi connectivity index (χ1n) is 5.75.